The van der Waals surface area contributed by atoms with Crippen molar-refractivity contribution in [3.05, 3.63) is 17.7 Å². The van der Waals surface area contributed by atoms with Gasteiger partial charge >= 0.3 is 5.97 Å². The van der Waals surface area contributed by atoms with Gasteiger partial charge in [-0.15, -0.1) is 0 Å². The van der Waals surface area contributed by atoms with E-state index in [0.29, 0.717) is 22.5 Å². The summed E-state index contributed by atoms with van der Waals surface area (Å²) >= 11 is 0. The number of rotatable bonds is 4. The van der Waals surface area contributed by atoms with Gasteiger partial charge in [0.1, 0.15) is 19.3 Å². The van der Waals surface area contributed by atoms with Gasteiger partial charge in [0.05, 0.1) is 20.6 Å². The Morgan fingerprint density at radius 3 is 2.53 bits per heavy atom. The molecule has 0 atom stereocenters. The topological polar surface area (TPSA) is 55.8 Å². The van der Waals surface area contributed by atoms with Crippen LogP contribution < -0.4 is 14.9 Å². The number of hydrogen-bond acceptors (Lipinski definition) is 3. The maximum atomic E-state index is 10.6. The zero-order valence-corrected chi connectivity index (χ0v) is 8.61. The molecular formula is C10H11BO4. The van der Waals surface area contributed by atoms with E-state index in [9.17, 15) is 4.79 Å². The number of carboxylic acids is 1. The molecule has 4 nitrogen and oxygen atoms in total. The Balaban J connectivity index is 3.19. The Kier molecular flexibility index (Phi) is 3.60. The molecule has 0 amide bonds. The fraction of sp³-hybridized carbons (Fsp3) is 0.300. The third-order valence-corrected chi connectivity index (χ3v) is 1.95. The lowest BCUT2D eigenvalue weighted by Gasteiger charge is -2.12. The van der Waals surface area contributed by atoms with Gasteiger partial charge < -0.3 is 14.6 Å². The molecule has 1 rings (SSSR count). The zero-order valence-electron chi connectivity index (χ0n) is 8.61. The summed E-state index contributed by atoms with van der Waals surface area (Å²) in [4.78, 5) is 10.6. The highest BCUT2D eigenvalue weighted by Crippen LogP contribution is 2.21. The van der Waals surface area contributed by atoms with Gasteiger partial charge in [0, 0.05) is 5.56 Å². The van der Waals surface area contributed by atoms with E-state index >= 15 is 0 Å². The third kappa shape index (κ3) is 2.65. The summed E-state index contributed by atoms with van der Waals surface area (Å²) < 4.78 is 10.0. The monoisotopic (exact) mass is 206 g/mol. The fourth-order valence-corrected chi connectivity index (χ4v) is 1.34. The summed E-state index contributed by atoms with van der Waals surface area (Å²) in [7, 11) is 8.63. The molecule has 0 aliphatic rings. The van der Waals surface area contributed by atoms with Crippen LogP contribution in [0.15, 0.2) is 12.1 Å². The highest BCUT2D eigenvalue weighted by molar-refractivity contribution is 6.34. The number of benzene rings is 1. The van der Waals surface area contributed by atoms with Crippen LogP contribution in [-0.2, 0) is 11.2 Å². The van der Waals surface area contributed by atoms with Crippen molar-refractivity contribution >= 4 is 19.3 Å². The maximum Gasteiger partial charge on any atom is 0.307 e. The number of carbonyl (C=O) groups is 1. The molecule has 0 spiro atoms. The Morgan fingerprint density at radius 2 is 2.07 bits per heavy atom. The quantitative estimate of drug-likeness (QED) is 0.711. The summed E-state index contributed by atoms with van der Waals surface area (Å²) in [5, 5.41) is 8.70. The molecule has 0 saturated heterocycles. The van der Waals surface area contributed by atoms with E-state index in [-0.39, 0.29) is 6.42 Å². The van der Waals surface area contributed by atoms with Crippen molar-refractivity contribution in [1.82, 2.24) is 0 Å². The standard InChI is InChI=1S/C10H11BO4/c1-14-7-3-6(4-9(12)13)10(15-2)8(11)5-7/h3,5H,4H2,1-2H3,(H,12,13). The van der Waals surface area contributed by atoms with Gasteiger partial charge in [0.15, 0.2) is 0 Å². The van der Waals surface area contributed by atoms with Crippen LogP contribution in [0.2, 0.25) is 0 Å². The summed E-state index contributed by atoms with van der Waals surface area (Å²) in [5.74, 6) is -0.0382. The van der Waals surface area contributed by atoms with E-state index in [1.807, 2.05) is 0 Å². The number of methoxy groups -OCH3 is 2. The molecule has 1 aromatic rings. The van der Waals surface area contributed by atoms with Crippen molar-refractivity contribution in [1.29, 1.82) is 0 Å². The molecule has 5 heteroatoms. The van der Waals surface area contributed by atoms with Crippen LogP contribution in [-0.4, -0.2) is 33.1 Å². The van der Waals surface area contributed by atoms with Crippen LogP contribution >= 0.6 is 0 Å². The molecule has 0 aliphatic carbocycles. The molecule has 0 aliphatic heterocycles. The summed E-state index contributed by atoms with van der Waals surface area (Å²) in [6.45, 7) is 0. The first kappa shape index (κ1) is 11.4. The highest BCUT2D eigenvalue weighted by Gasteiger charge is 2.11. The van der Waals surface area contributed by atoms with Gasteiger partial charge in [-0.05, 0) is 12.1 Å². The first-order valence-corrected chi connectivity index (χ1v) is 4.30. The second-order valence-corrected chi connectivity index (χ2v) is 2.98. The summed E-state index contributed by atoms with van der Waals surface area (Å²) in [6, 6.07) is 3.19. The first-order valence-electron chi connectivity index (χ1n) is 4.30. The molecule has 0 aromatic heterocycles. The normalized spacial score (nSPS) is 9.73. The number of hydrogen-bond donors (Lipinski definition) is 1. The number of ether oxygens (including phenoxy) is 2. The van der Waals surface area contributed by atoms with Gasteiger partial charge in [-0.3, -0.25) is 4.79 Å². The minimum Gasteiger partial charge on any atom is -0.497 e. The van der Waals surface area contributed by atoms with Crippen molar-refractivity contribution in [2.75, 3.05) is 14.2 Å². The molecule has 15 heavy (non-hydrogen) atoms. The Bertz CT molecular complexity index is 376. The molecule has 0 fully saturated rings. The van der Waals surface area contributed by atoms with Crippen molar-refractivity contribution in [3.63, 3.8) is 0 Å². The van der Waals surface area contributed by atoms with E-state index in [2.05, 4.69) is 0 Å². The molecular weight excluding hydrogens is 195 g/mol. The van der Waals surface area contributed by atoms with E-state index in [0.717, 1.165) is 0 Å². The summed E-state index contributed by atoms with van der Waals surface area (Å²) in [5.41, 5.74) is 0.870. The molecule has 0 saturated carbocycles. The van der Waals surface area contributed by atoms with E-state index in [1.54, 1.807) is 12.1 Å². The number of carboxylic acid groups (broad SMARTS) is 1. The highest BCUT2D eigenvalue weighted by atomic mass is 16.5. The molecule has 0 heterocycles. The van der Waals surface area contributed by atoms with Gasteiger partial charge in [-0.1, -0.05) is 5.46 Å². The van der Waals surface area contributed by atoms with E-state index in [1.165, 1.54) is 14.2 Å². The second kappa shape index (κ2) is 4.73. The number of aliphatic carboxylic acids is 1. The molecule has 0 unspecified atom stereocenters. The van der Waals surface area contributed by atoms with Gasteiger partial charge in [-0.25, -0.2) is 0 Å². The van der Waals surface area contributed by atoms with Gasteiger partial charge in [0.25, 0.3) is 0 Å². The predicted molar refractivity (Wildman–Crippen MR) is 56.3 cm³/mol. The Morgan fingerprint density at radius 1 is 1.40 bits per heavy atom. The lowest BCUT2D eigenvalue weighted by Crippen LogP contribution is -2.13. The van der Waals surface area contributed by atoms with Crippen LogP contribution in [0.5, 0.6) is 11.5 Å². The van der Waals surface area contributed by atoms with Crippen molar-refractivity contribution in [2.24, 2.45) is 0 Å². The van der Waals surface area contributed by atoms with Gasteiger partial charge in [-0.2, -0.15) is 0 Å². The Hall–Kier alpha value is -1.65. The average molecular weight is 206 g/mol. The van der Waals surface area contributed by atoms with Crippen LogP contribution in [0.1, 0.15) is 5.56 Å². The van der Waals surface area contributed by atoms with Crippen LogP contribution in [0.3, 0.4) is 0 Å². The second-order valence-electron chi connectivity index (χ2n) is 2.98. The van der Waals surface area contributed by atoms with Crippen LogP contribution in [0, 0.1) is 0 Å². The maximum absolute atomic E-state index is 10.6. The molecule has 78 valence electrons. The fourth-order valence-electron chi connectivity index (χ4n) is 1.34. The lowest BCUT2D eigenvalue weighted by molar-refractivity contribution is -0.136. The van der Waals surface area contributed by atoms with Crippen molar-refractivity contribution in [3.8, 4) is 11.5 Å². The molecule has 2 radical (unpaired) electrons. The van der Waals surface area contributed by atoms with Crippen molar-refractivity contribution in [2.45, 2.75) is 6.42 Å². The molecule has 1 N–H and O–H groups in total. The predicted octanol–water partition coefficient (Wildman–Crippen LogP) is 0.125. The molecule has 1 aromatic carbocycles. The SMILES string of the molecule is [B]c1cc(OC)cc(CC(=O)O)c1OC. The molecule has 0 bridgehead atoms. The van der Waals surface area contributed by atoms with Gasteiger partial charge in [0.2, 0.25) is 0 Å². The Labute approximate surface area is 89.2 Å². The first-order chi connectivity index (χ1) is 7.08. The minimum absolute atomic E-state index is 0.148. The van der Waals surface area contributed by atoms with Crippen molar-refractivity contribution < 1.29 is 19.4 Å². The largest absolute Gasteiger partial charge is 0.497 e. The van der Waals surface area contributed by atoms with Crippen LogP contribution in [0.25, 0.3) is 0 Å². The summed E-state index contributed by atoms with van der Waals surface area (Å²) in [6.07, 6.45) is -0.148. The van der Waals surface area contributed by atoms with Crippen LogP contribution in [0.4, 0.5) is 0 Å². The average Bonchev–Trinajstić information content (AvgIpc) is 2.16. The minimum atomic E-state index is -0.944. The third-order valence-electron chi connectivity index (χ3n) is 1.95. The van der Waals surface area contributed by atoms with E-state index < -0.39 is 5.97 Å². The van der Waals surface area contributed by atoms with E-state index in [4.69, 9.17) is 22.4 Å². The lowest BCUT2D eigenvalue weighted by atomic mass is 9.91. The smallest absolute Gasteiger partial charge is 0.307 e. The zero-order chi connectivity index (χ0) is 11.4.